The Labute approximate surface area is 238 Å². The summed E-state index contributed by atoms with van der Waals surface area (Å²) in [6, 6.07) is 18.2. The molecule has 10 heteroatoms. The lowest BCUT2D eigenvalue weighted by Crippen LogP contribution is -2.51. The first-order chi connectivity index (χ1) is 19.2. The van der Waals surface area contributed by atoms with Gasteiger partial charge in [-0.25, -0.2) is 4.98 Å². The fraction of sp³-hybridized carbons (Fsp3) is 0.300. The predicted molar refractivity (Wildman–Crippen MR) is 159 cm³/mol. The molecule has 40 heavy (non-hydrogen) atoms. The molecule has 5 aromatic rings. The number of amides is 1. The summed E-state index contributed by atoms with van der Waals surface area (Å²) in [4.78, 5) is 28.4. The molecule has 3 aromatic heterocycles. The molecule has 204 valence electrons. The maximum absolute atomic E-state index is 12.6. The van der Waals surface area contributed by atoms with Crippen LogP contribution in [0.25, 0.3) is 27.8 Å². The number of anilines is 3. The van der Waals surface area contributed by atoms with Crippen LogP contribution in [-0.4, -0.2) is 68.6 Å². The van der Waals surface area contributed by atoms with Crippen molar-refractivity contribution in [2.24, 2.45) is 5.41 Å². The van der Waals surface area contributed by atoms with Crippen LogP contribution in [0.4, 0.5) is 17.3 Å². The largest absolute Gasteiger partial charge is 0.353 e. The number of carbonyl (C=O) groups is 1. The normalized spacial score (nSPS) is 14.2. The Balaban J connectivity index is 1.23. The van der Waals surface area contributed by atoms with E-state index >= 15 is 0 Å². The first-order valence-electron chi connectivity index (χ1n) is 13.3. The van der Waals surface area contributed by atoms with Crippen LogP contribution in [0, 0.1) is 5.41 Å². The monoisotopic (exact) mass is 554 g/mol. The summed E-state index contributed by atoms with van der Waals surface area (Å²) in [5.74, 6) is 2.41. The number of benzene rings is 2. The summed E-state index contributed by atoms with van der Waals surface area (Å²) >= 11 is 6.31. The van der Waals surface area contributed by atoms with Crippen molar-refractivity contribution in [3.63, 3.8) is 0 Å². The Kier molecular flexibility index (Phi) is 6.54. The molecule has 0 atom stereocenters. The number of piperazine rings is 1. The van der Waals surface area contributed by atoms with Gasteiger partial charge in [0.05, 0.1) is 5.52 Å². The Morgan fingerprint density at radius 3 is 2.50 bits per heavy atom. The van der Waals surface area contributed by atoms with Crippen molar-refractivity contribution in [3.8, 4) is 11.1 Å². The van der Waals surface area contributed by atoms with E-state index in [0.717, 1.165) is 52.4 Å². The van der Waals surface area contributed by atoms with Crippen LogP contribution in [0.1, 0.15) is 20.8 Å². The first-order valence-corrected chi connectivity index (χ1v) is 13.7. The summed E-state index contributed by atoms with van der Waals surface area (Å²) in [7, 11) is 1.99. The number of nitrogens with zero attached hydrogens (tertiary/aromatic N) is 8. The van der Waals surface area contributed by atoms with Crippen LogP contribution in [-0.2, 0) is 4.79 Å². The molecule has 4 heterocycles. The van der Waals surface area contributed by atoms with Crippen LogP contribution in [0.3, 0.4) is 0 Å². The third kappa shape index (κ3) is 4.81. The van der Waals surface area contributed by atoms with Crippen molar-refractivity contribution < 1.29 is 4.79 Å². The fourth-order valence-electron chi connectivity index (χ4n) is 5.15. The second kappa shape index (κ2) is 10.1. The van der Waals surface area contributed by atoms with Gasteiger partial charge in [0.1, 0.15) is 18.0 Å². The lowest BCUT2D eigenvalue weighted by molar-refractivity contribution is -0.139. The summed E-state index contributed by atoms with van der Waals surface area (Å²) in [6.45, 7) is 8.89. The van der Waals surface area contributed by atoms with E-state index in [-0.39, 0.29) is 11.3 Å². The van der Waals surface area contributed by atoms with Crippen molar-refractivity contribution >= 4 is 51.5 Å². The predicted octanol–water partition coefficient (Wildman–Crippen LogP) is 5.46. The molecule has 0 radical (unpaired) electrons. The highest BCUT2D eigenvalue weighted by Gasteiger charge is 2.30. The molecule has 2 aromatic carbocycles. The number of fused-ring (bicyclic) bond motifs is 3. The molecule has 6 rings (SSSR count). The van der Waals surface area contributed by atoms with Gasteiger partial charge in [-0.05, 0) is 48.0 Å². The van der Waals surface area contributed by atoms with Gasteiger partial charge in [0, 0.05) is 66.5 Å². The Bertz CT molecular complexity index is 1700. The van der Waals surface area contributed by atoms with E-state index in [4.69, 9.17) is 21.6 Å². The average Bonchev–Trinajstić information content (AvgIpc) is 3.45. The maximum Gasteiger partial charge on any atom is 0.257 e. The summed E-state index contributed by atoms with van der Waals surface area (Å²) in [5, 5.41) is 9.79. The van der Waals surface area contributed by atoms with E-state index < -0.39 is 0 Å². The standard InChI is InChI=1S/C30H31ClN8O/c1-30(2,3)28(40)38-14-12-37(13-15-38)26-11-8-21(18-32-26)20-6-5-7-23(16-20)36(4)27-24-10-9-22(31)17-25(24)39-19-33-35-29(39)34-27/h5-11,16-19H,12-15H2,1-4H3. The lowest BCUT2D eigenvalue weighted by atomic mass is 9.94. The van der Waals surface area contributed by atoms with Crippen LogP contribution >= 0.6 is 11.6 Å². The molecule has 0 saturated carbocycles. The van der Waals surface area contributed by atoms with Gasteiger partial charge in [0.2, 0.25) is 5.91 Å². The van der Waals surface area contributed by atoms with Crippen LogP contribution in [0.15, 0.2) is 67.1 Å². The van der Waals surface area contributed by atoms with E-state index in [1.165, 1.54) is 0 Å². The van der Waals surface area contributed by atoms with Crippen molar-refractivity contribution in [1.82, 2.24) is 29.5 Å². The zero-order valence-electron chi connectivity index (χ0n) is 23.0. The number of pyridine rings is 1. The number of hydrogen-bond acceptors (Lipinski definition) is 7. The van der Waals surface area contributed by atoms with Crippen LogP contribution in [0.2, 0.25) is 5.02 Å². The van der Waals surface area contributed by atoms with Gasteiger partial charge in [0.25, 0.3) is 5.78 Å². The zero-order valence-corrected chi connectivity index (χ0v) is 23.8. The molecular formula is C30H31ClN8O. The second-order valence-electron chi connectivity index (χ2n) is 11.1. The molecule has 0 aliphatic carbocycles. The van der Waals surface area contributed by atoms with E-state index in [2.05, 4.69) is 50.3 Å². The minimum atomic E-state index is -0.356. The van der Waals surface area contributed by atoms with Gasteiger partial charge in [-0.3, -0.25) is 9.20 Å². The molecular weight excluding hydrogens is 524 g/mol. The molecule has 0 bridgehead atoms. The SMILES string of the molecule is CN(c1cccc(-c2ccc(N3CCN(C(=O)C(C)(C)C)CC3)nc2)c1)c1nc2nncn2c2cc(Cl)ccc12. The highest BCUT2D eigenvalue weighted by Crippen LogP contribution is 2.33. The molecule has 1 fully saturated rings. The third-order valence-corrected chi connectivity index (χ3v) is 7.60. The Hall–Kier alpha value is -4.24. The van der Waals surface area contributed by atoms with Gasteiger partial charge in [-0.15, -0.1) is 10.2 Å². The molecule has 1 aliphatic rings. The van der Waals surface area contributed by atoms with Crippen molar-refractivity contribution in [2.45, 2.75) is 20.8 Å². The topological polar surface area (TPSA) is 82.8 Å². The molecule has 0 unspecified atom stereocenters. The first kappa shape index (κ1) is 26.0. The number of hydrogen-bond donors (Lipinski definition) is 0. The lowest BCUT2D eigenvalue weighted by Gasteiger charge is -2.38. The smallest absolute Gasteiger partial charge is 0.257 e. The van der Waals surface area contributed by atoms with Gasteiger partial charge >= 0.3 is 0 Å². The van der Waals surface area contributed by atoms with Crippen LogP contribution in [0.5, 0.6) is 0 Å². The van der Waals surface area contributed by atoms with E-state index in [9.17, 15) is 4.79 Å². The summed E-state index contributed by atoms with van der Waals surface area (Å²) in [5.41, 5.74) is 3.60. The van der Waals surface area contributed by atoms with Crippen LogP contribution < -0.4 is 9.80 Å². The van der Waals surface area contributed by atoms with Gasteiger partial charge in [-0.2, -0.15) is 4.98 Å². The Morgan fingerprint density at radius 2 is 1.77 bits per heavy atom. The number of carbonyl (C=O) groups excluding carboxylic acids is 1. The number of halogens is 1. The summed E-state index contributed by atoms with van der Waals surface area (Å²) in [6.07, 6.45) is 3.56. The highest BCUT2D eigenvalue weighted by molar-refractivity contribution is 6.31. The fourth-order valence-corrected chi connectivity index (χ4v) is 5.32. The number of aromatic nitrogens is 5. The van der Waals surface area contributed by atoms with Gasteiger partial charge in [-0.1, -0.05) is 44.5 Å². The number of rotatable bonds is 4. The van der Waals surface area contributed by atoms with Crippen molar-refractivity contribution in [2.75, 3.05) is 43.0 Å². The van der Waals surface area contributed by atoms with E-state index in [1.807, 2.05) is 67.6 Å². The maximum atomic E-state index is 12.6. The van der Waals surface area contributed by atoms with E-state index in [1.54, 1.807) is 6.33 Å². The minimum absolute atomic E-state index is 0.202. The van der Waals surface area contributed by atoms with Crippen molar-refractivity contribution in [3.05, 3.63) is 72.1 Å². The molecule has 0 spiro atoms. The highest BCUT2D eigenvalue weighted by atomic mass is 35.5. The molecule has 0 N–H and O–H groups in total. The average molecular weight is 555 g/mol. The van der Waals surface area contributed by atoms with Crippen molar-refractivity contribution in [1.29, 1.82) is 0 Å². The minimum Gasteiger partial charge on any atom is -0.353 e. The zero-order chi connectivity index (χ0) is 28.0. The summed E-state index contributed by atoms with van der Waals surface area (Å²) < 4.78 is 1.84. The van der Waals surface area contributed by atoms with Gasteiger partial charge < -0.3 is 14.7 Å². The van der Waals surface area contributed by atoms with E-state index in [0.29, 0.717) is 23.9 Å². The second-order valence-corrected chi connectivity index (χ2v) is 11.6. The molecule has 1 amide bonds. The third-order valence-electron chi connectivity index (χ3n) is 7.36. The Morgan fingerprint density at radius 1 is 0.975 bits per heavy atom. The molecule has 9 nitrogen and oxygen atoms in total. The quantitative estimate of drug-likeness (QED) is 0.292. The molecule has 1 saturated heterocycles. The molecule has 1 aliphatic heterocycles. The van der Waals surface area contributed by atoms with Gasteiger partial charge in [0.15, 0.2) is 0 Å².